The number of carboxylic acids is 1. The van der Waals surface area contributed by atoms with Gasteiger partial charge in [-0.05, 0) is 12.8 Å². The average molecular weight is 294 g/mol. The van der Waals surface area contributed by atoms with Gasteiger partial charge < -0.3 is 5.11 Å². The predicted molar refractivity (Wildman–Crippen MR) is 75.1 cm³/mol. The van der Waals surface area contributed by atoms with Gasteiger partial charge in [-0.25, -0.2) is 0 Å². The van der Waals surface area contributed by atoms with Gasteiger partial charge in [-0.2, -0.15) is 17.0 Å². The lowest BCUT2D eigenvalue weighted by Gasteiger charge is -2.29. The third kappa shape index (κ3) is 5.46. The summed E-state index contributed by atoms with van der Waals surface area (Å²) < 4.78 is 27.6. The van der Waals surface area contributed by atoms with Gasteiger partial charge in [0.15, 0.2) is 0 Å². The molecule has 0 aromatic heterocycles. The Morgan fingerprint density at radius 3 is 1.89 bits per heavy atom. The van der Waals surface area contributed by atoms with Crippen LogP contribution < -0.4 is 0 Å². The van der Waals surface area contributed by atoms with Crippen LogP contribution in [-0.2, 0) is 15.0 Å². The molecule has 1 unspecified atom stereocenters. The number of carbonyl (C=O) groups is 1. The highest BCUT2D eigenvalue weighted by molar-refractivity contribution is 7.86. The Kier molecular flexibility index (Phi) is 8.20. The van der Waals surface area contributed by atoms with Gasteiger partial charge in [0.25, 0.3) is 10.2 Å². The first-order chi connectivity index (χ1) is 8.81. The molecule has 0 rings (SSSR count). The fraction of sp³-hybridized carbons (Fsp3) is 0.917. The van der Waals surface area contributed by atoms with Crippen LogP contribution in [-0.4, -0.2) is 54.3 Å². The van der Waals surface area contributed by atoms with Crippen LogP contribution in [0, 0.1) is 5.92 Å². The van der Waals surface area contributed by atoms with E-state index in [1.165, 1.54) is 15.5 Å². The van der Waals surface area contributed by atoms with Crippen LogP contribution in [0.4, 0.5) is 0 Å². The quantitative estimate of drug-likeness (QED) is 0.660. The maximum atomic E-state index is 12.5. The highest BCUT2D eigenvalue weighted by Gasteiger charge is 2.29. The van der Waals surface area contributed by atoms with E-state index < -0.39 is 22.1 Å². The standard InChI is InChI=1S/C12H26N2O4S/c1-5-8-14(9-6-2)19(17,18)13(7-3)10-11(4)12(15)16/h11H,5-10H2,1-4H3,(H,15,16). The summed E-state index contributed by atoms with van der Waals surface area (Å²) in [5, 5.41) is 8.90. The molecular weight excluding hydrogens is 268 g/mol. The van der Waals surface area contributed by atoms with E-state index in [4.69, 9.17) is 5.11 Å². The van der Waals surface area contributed by atoms with Gasteiger partial charge in [-0.1, -0.05) is 27.7 Å². The topological polar surface area (TPSA) is 77.9 Å². The Bertz CT molecular complexity index is 364. The lowest BCUT2D eigenvalue weighted by atomic mass is 10.2. The molecule has 114 valence electrons. The van der Waals surface area contributed by atoms with Crippen molar-refractivity contribution in [3.8, 4) is 0 Å². The summed E-state index contributed by atoms with van der Waals surface area (Å²) in [5.74, 6) is -1.69. The van der Waals surface area contributed by atoms with Crippen LogP contribution in [0.2, 0.25) is 0 Å². The molecule has 0 spiro atoms. The van der Waals surface area contributed by atoms with E-state index in [2.05, 4.69) is 0 Å². The molecule has 0 aliphatic heterocycles. The molecular formula is C12H26N2O4S. The van der Waals surface area contributed by atoms with Crippen LogP contribution in [0.1, 0.15) is 40.5 Å². The molecule has 0 radical (unpaired) electrons. The Hall–Kier alpha value is -0.660. The smallest absolute Gasteiger partial charge is 0.307 e. The minimum absolute atomic E-state index is 0.0120. The van der Waals surface area contributed by atoms with Crippen molar-refractivity contribution < 1.29 is 18.3 Å². The number of nitrogens with zero attached hydrogens (tertiary/aromatic N) is 2. The first kappa shape index (κ1) is 18.3. The van der Waals surface area contributed by atoms with Gasteiger partial charge in [0.1, 0.15) is 0 Å². The molecule has 1 atom stereocenters. The van der Waals surface area contributed by atoms with E-state index in [1.807, 2.05) is 13.8 Å². The van der Waals surface area contributed by atoms with Crippen molar-refractivity contribution in [1.29, 1.82) is 0 Å². The summed E-state index contributed by atoms with van der Waals surface area (Å²) in [4.78, 5) is 10.9. The molecule has 0 fully saturated rings. The monoisotopic (exact) mass is 294 g/mol. The second-order valence-electron chi connectivity index (χ2n) is 4.60. The third-order valence-corrected chi connectivity index (χ3v) is 4.93. The van der Waals surface area contributed by atoms with Crippen molar-refractivity contribution in [2.24, 2.45) is 5.92 Å². The molecule has 0 amide bonds. The number of hydrogen-bond donors (Lipinski definition) is 1. The number of hydrogen-bond acceptors (Lipinski definition) is 3. The zero-order chi connectivity index (χ0) is 15.1. The molecule has 7 heteroatoms. The van der Waals surface area contributed by atoms with Crippen LogP contribution in [0.15, 0.2) is 0 Å². The first-order valence-corrected chi connectivity index (χ1v) is 8.18. The third-order valence-electron chi connectivity index (χ3n) is 2.85. The van der Waals surface area contributed by atoms with Gasteiger partial charge in [0, 0.05) is 26.2 Å². The van der Waals surface area contributed by atoms with Crippen molar-refractivity contribution in [2.45, 2.75) is 40.5 Å². The van der Waals surface area contributed by atoms with Gasteiger partial charge >= 0.3 is 5.97 Å². The predicted octanol–water partition coefficient (Wildman–Crippen LogP) is 1.40. The van der Waals surface area contributed by atoms with E-state index in [1.54, 1.807) is 6.92 Å². The van der Waals surface area contributed by atoms with Gasteiger partial charge in [-0.3, -0.25) is 4.79 Å². The molecule has 0 aliphatic carbocycles. The molecule has 0 bridgehead atoms. The Morgan fingerprint density at radius 2 is 1.58 bits per heavy atom. The van der Waals surface area contributed by atoms with Crippen LogP contribution in [0.25, 0.3) is 0 Å². The van der Waals surface area contributed by atoms with E-state index in [9.17, 15) is 13.2 Å². The van der Waals surface area contributed by atoms with Crippen molar-refractivity contribution in [3.05, 3.63) is 0 Å². The van der Waals surface area contributed by atoms with Gasteiger partial charge in [-0.15, -0.1) is 0 Å². The second kappa shape index (κ2) is 8.50. The highest BCUT2D eigenvalue weighted by atomic mass is 32.2. The molecule has 1 N–H and O–H groups in total. The number of rotatable bonds is 10. The zero-order valence-corrected chi connectivity index (χ0v) is 13.1. The molecule has 0 aliphatic rings. The van der Waals surface area contributed by atoms with Crippen LogP contribution in [0.3, 0.4) is 0 Å². The largest absolute Gasteiger partial charge is 0.481 e. The van der Waals surface area contributed by atoms with Crippen molar-refractivity contribution in [2.75, 3.05) is 26.2 Å². The van der Waals surface area contributed by atoms with E-state index in [0.29, 0.717) is 13.1 Å². The lowest BCUT2D eigenvalue weighted by molar-refractivity contribution is -0.141. The molecule has 0 saturated heterocycles. The Labute approximate surface area is 116 Å². The summed E-state index contributed by atoms with van der Waals surface area (Å²) >= 11 is 0. The minimum Gasteiger partial charge on any atom is -0.481 e. The summed E-state index contributed by atoms with van der Waals surface area (Å²) in [6, 6.07) is 0. The molecule has 19 heavy (non-hydrogen) atoms. The molecule has 0 aromatic rings. The van der Waals surface area contributed by atoms with Crippen LogP contribution >= 0.6 is 0 Å². The molecule has 0 saturated carbocycles. The van der Waals surface area contributed by atoms with Crippen molar-refractivity contribution in [1.82, 2.24) is 8.61 Å². The molecule has 0 heterocycles. The van der Waals surface area contributed by atoms with Gasteiger partial charge in [0.05, 0.1) is 5.92 Å². The average Bonchev–Trinajstić information content (AvgIpc) is 2.34. The summed E-state index contributed by atoms with van der Waals surface area (Å²) in [5.41, 5.74) is 0. The summed E-state index contributed by atoms with van der Waals surface area (Å²) in [6.45, 7) is 8.32. The summed E-state index contributed by atoms with van der Waals surface area (Å²) in [6.07, 6.45) is 1.48. The van der Waals surface area contributed by atoms with E-state index >= 15 is 0 Å². The summed E-state index contributed by atoms with van der Waals surface area (Å²) in [7, 11) is -3.56. The zero-order valence-electron chi connectivity index (χ0n) is 12.3. The molecule has 0 aromatic carbocycles. The van der Waals surface area contributed by atoms with Crippen LogP contribution in [0.5, 0.6) is 0 Å². The fourth-order valence-electron chi connectivity index (χ4n) is 1.77. The fourth-order valence-corrected chi connectivity index (χ4v) is 3.67. The second-order valence-corrected chi connectivity index (χ2v) is 6.53. The maximum Gasteiger partial charge on any atom is 0.307 e. The van der Waals surface area contributed by atoms with Crippen molar-refractivity contribution in [3.63, 3.8) is 0 Å². The normalized spacial score (nSPS) is 14.0. The SMILES string of the molecule is CCCN(CCC)S(=O)(=O)N(CC)CC(C)C(=O)O. The Balaban J connectivity index is 5.02. The maximum absolute atomic E-state index is 12.5. The van der Waals surface area contributed by atoms with Crippen molar-refractivity contribution >= 4 is 16.2 Å². The molecule has 6 nitrogen and oxygen atoms in total. The number of aliphatic carboxylic acids is 1. The number of carboxylic acid groups (broad SMARTS) is 1. The van der Waals surface area contributed by atoms with Gasteiger partial charge in [0.2, 0.25) is 0 Å². The lowest BCUT2D eigenvalue weighted by Crippen LogP contribution is -2.46. The first-order valence-electron chi connectivity index (χ1n) is 6.79. The highest BCUT2D eigenvalue weighted by Crippen LogP contribution is 2.12. The van der Waals surface area contributed by atoms with E-state index in [-0.39, 0.29) is 13.1 Å². The Morgan fingerprint density at radius 1 is 1.11 bits per heavy atom. The van der Waals surface area contributed by atoms with E-state index in [0.717, 1.165) is 12.8 Å². The minimum atomic E-state index is -3.56.